The van der Waals surface area contributed by atoms with Gasteiger partial charge in [0.15, 0.2) is 0 Å². The summed E-state index contributed by atoms with van der Waals surface area (Å²) in [6.45, 7) is 8.54. The summed E-state index contributed by atoms with van der Waals surface area (Å²) in [5, 5.41) is 6.86. The SMILES string of the molecule is C/N=C\C(C)(C)c1cc(NC(=O)C(C)(C)N(C)C2CCN(S(C)(=O)=O)CC2)on1. The van der Waals surface area contributed by atoms with Crippen molar-refractivity contribution in [1.29, 1.82) is 0 Å². The summed E-state index contributed by atoms with van der Waals surface area (Å²) in [4.78, 5) is 19.0. The molecule has 0 aliphatic carbocycles. The summed E-state index contributed by atoms with van der Waals surface area (Å²) in [5.74, 6) is 0.0751. The third-order valence-corrected chi connectivity index (χ3v) is 7.04. The zero-order valence-electron chi connectivity index (χ0n) is 18.4. The van der Waals surface area contributed by atoms with Crippen LogP contribution in [0.2, 0.25) is 0 Å². The second-order valence-electron chi connectivity index (χ2n) is 8.70. The number of aliphatic imine (C=N–C) groups is 1. The third kappa shape index (κ3) is 5.43. The maximum absolute atomic E-state index is 13.0. The number of carbonyl (C=O) groups excluding carboxylic acids is 1. The Morgan fingerprint density at radius 1 is 1.34 bits per heavy atom. The maximum atomic E-state index is 13.0. The Morgan fingerprint density at radius 2 is 1.93 bits per heavy atom. The molecule has 2 heterocycles. The Balaban J connectivity index is 2.04. The second-order valence-corrected chi connectivity index (χ2v) is 10.7. The molecule has 2 rings (SSSR count). The molecule has 1 aliphatic heterocycles. The van der Waals surface area contributed by atoms with E-state index in [4.69, 9.17) is 4.52 Å². The minimum absolute atomic E-state index is 0.110. The topological polar surface area (TPSA) is 108 Å². The van der Waals surface area contributed by atoms with E-state index in [1.807, 2.05) is 39.6 Å². The maximum Gasteiger partial charge on any atom is 0.246 e. The molecule has 1 fully saturated rings. The average molecular weight is 428 g/mol. The van der Waals surface area contributed by atoms with Crippen LogP contribution in [0.15, 0.2) is 15.6 Å². The first-order valence-electron chi connectivity index (χ1n) is 9.69. The summed E-state index contributed by atoms with van der Waals surface area (Å²) in [6.07, 6.45) is 4.36. The van der Waals surface area contributed by atoms with Gasteiger partial charge < -0.3 is 4.52 Å². The quantitative estimate of drug-likeness (QED) is 0.664. The van der Waals surface area contributed by atoms with Gasteiger partial charge in [0.1, 0.15) is 0 Å². The van der Waals surface area contributed by atoms with Gasteiger partial charge in [-0.25, -0.2) is 12.7 Å². The summed E-state index contributed by atoms with van der Waals surface area (Å²) in [5.41, 5.74) is -0.537. The molecule has 0 unspecified atom stereocenters. The molecule has 0 atom stereocenters. The highest BCUT2D eigenvalue weighted by atomic mass is 32.2. The largest absolute Gasteiger partial charge is 0.338 e. The molecule has 29 heavy (non-hydrogen) atoms. The van der Waals surface area contributed by atoms with E-state index in [1.165, 1.54) is 10.6 Å². The van der Waals surface area contributed by atoms with E-state index < -0.39 is 21.0 Å². The molecule has 9 nitrogen and oxygen atoms in total. The van der Waals surface area contributed by atoms with Crippen molar-refractivity contribution >= 4 is 28.0 Å². The number of hydrogen-bond acceptors (Lipinski definition) is 7. The van der Waals surface area contributed by atoms with Gasteiger partial charge in [0.2, 0.25) is 21.8 Å². The van der Waals surface area contributed by atoms with Crippen LogP contribution in [0, 0.1) is 0 Å². The number of sulfonamides is 1. The van der Waals surface area contributed by atoms with Crippen molar-refractivity contribution in [2.45, 2.75) is 57.5 Å². The van der Waals surface area contributed by atoms with Crippen molar-refractivity contribution in [3.63, 3.8) is 0 Å². The monoisotopic (exact) mass is 427 g/mol. The fourth-order valence-electron chi connectivity index (χ4n) is 3.47. The standard InChI is InChI=1S/C19H33N5O4S/c1-18(2,13-20-5)15-12-16(28-22-15)21-17(25)19(3,4)23(6)14-8-10-24(11-9-14)29(7,26)27/h12-14H,8-11H2,1-7H3,(H,21,25)/b20-13-. The molecule has 1 aliphatic rings. The lowest BCUT2D eigenvalue weighted by Crippen LogP contribution is -2.57. The van der Waals surface area contributed by atoms with E-state index in [9.17, 15) is 13.2 Å². The number of anilines is 1. The summed E-state index contributed by atoms with van der Waals surface area (Å²) in [7, 11) is 0.419. The fourth-order valence-corrected chi connectivity index (χ4v) is 4.34. The average Bonchev–Trinajstić information content (AvgIpc) is 3.10. The van der Waals surface area contributed by atoms with Crippen molar-refractivity contribution < 1.29 is 17.7 Å². The minimum atomic E-state index is -3.17. The lowest BCUT2D eigenvalue weighted by Gasteiger charge is -2.43. The lowest BCUT2D eigenvalue weighted by atomic mass is 9.91. The highest BCUT2D eigenvalue weighted by Crippen LogP contribution is 2.27. The fraction of sp³-hybridized carbons (Fsp3) is 0.737. The Labute approximate surface area is 173 Å². The lowest BCUT2D eigenvalue weighted by molar-refractivity contribution is -0.127. The number of nitrogens with one attached hydrogen (secondary N) is 1. The van der Waals surface area contributed by atoms with E-state index in [0.29, 0.717) is 31.6 Å². The number of piperidine rings is 1. The van der Waals surface area contributed by atoms with Crippen molar-refractivity contribution in [2.24, 2.45) is 4.99 Å². The van der Waals surface area contributed by atoms with Crippen LogP contribution in [-0.4, -0.2) is 79.9 Å². The van der Waals surface area contributed by atoms with Crippen LogP contribution in [0.25, 0.3) is 0 Å². The van der Waals surface area contributed by atoms with E-state index in [1.54, 1.807) is 19.3 Å². The molecule has 0 radical (unpaired) electrons. The van der Waals surface area contributed by atoms with E-state index in [0.717, 1.165) is 0 Å². The van der Waals surface area contributed by atoms with Crippen molar-refractivity contribution in [3.05, 3.63) is 11.8 Å². The van der Waals surface area contributed by atoms with Crippen LogP contribution in [-0.2, 0) is 20.2 Å². The summed E-state index contributed by atoms with van der Waals surface area (Å²) in [6, 6.07) is 1.82. The predicted octanol–water partition coefficient (Wildman–Crippen LogP) is 1.73. The van der Waals surface area contributed by atoms with Gasteiger partial charge in [0, 0.05) is 43.9 Å². The first-order valence-corrected chi connectivity index (χ1v) is 11.5. The Kier molecular flexibility index (Phi) is 6.91. The van der Waals surface area contributed by atoms with Crippen LogP contribution in [0.1, 0.15) is 46.2 Å². The summed E-state index contributed by atoms with van der Waals surface area (Å²) < 4.78 is 30.2. The molecule has 0 saturated carbocycles. The van der Waals surface area contributed by atoms with Crippen LogP contribution in [0.4, 0.5) is 5.88 Å². The molecule has 1 aromatic heterocycles. The molecule has 1 N–H and O–H groups in total. The zero-order valence-corrected chi connectivity index (χ0v) is 19.2. The van der Waals surface area contributed by atoms with Crippen molar-refractivity contribution in [1.82, 2.24) is 14.4 Å². The van der Waals surface area contributed by atoms with Crippen LogP contribution in [0.3, 0.4) is 0 Å². The van der Waals surface area contributed by atoms with Gasteiger partial charge in [0.05, 0.1) is 17.5 Å². The number of likely N-dealkylation sites (N-methyl/N-ethyl adjacent to an activating group) is 1. The first kappa shape index (κ1) is 23.5. The smallest absolute Gasteiger partial charge is 0.246 e. The minimum Gasteiger partial charge on any atom is -0.338 e. The zero-order chi connectivity index (χ0) is 22.0. The molecule has 164 valence electrons. The van der Waals surface area contributed by atoms with Crippen molar-refractivity contribution in [2.75, 3.05) is 38.8 Å². The number of nitrogens with zero attached hydrogens (tertiary/aromatic N) is 4. The number of carbonyl (C=O) groups is 1. The number of amides is 1. The number of rotatable bonds is 7. The Hall–Kier alpha value is -1.78. The Bertz CT molecular complexity index is 852. The van der Waals surface area contributed by atoms with Gasteiger partial charge in [-0.15, -0.1) is 0 Å². The summed E-state index contributed by atoms with van der Waals surface area (Å²) >= 11 is 0. The van der Waals surface area contributed by atoms with E-state index >= 15 is 0 Å². The van der Waals surface area contributed by atoms with Crippen LogP contribution >= 0.6 is 0 Å². The molecule has 10 heteroatoms. The van der Waals surface area contributed by atoms with Gasteiger partial charge in [-0.1, -0.05) is 5.16 Å². The highest BCUT2D eigenvalue weighted by Gasteiger charge is 2.39. The first-order chi connectivity index (χ1) is 13.3. The van der Waals surface area contributed by atoms with Gasteiger partial charge in [-0.05, 0) is 47.6 Å². The molecule has 1 saturated heterocycles. The van der Waals surface area contributed by atoms with E-state index in [2.05, 4.69) is 15.5 Å². The molecule has 0 bridgehead atoms. The van der Waals surface area contributed by atoms with E-state index in [-0.39, 0.29) is 17.8 Å². The molecular weight excluding hydrogens is 394 g/mol. The number of hydrogen-bond donors (Lipinski definition) is 1. The predicted molar refractivity (Wildman–Crippen MR) is 114 cm³/mol. The van der Waals surface area contributed by atoms with Gasteiger partial charge in [-0.2, -0.15) is 0 Å². The molecular formula is C19H33N5O4S. The van der Waals surface area contributed by atoms with Crippen LogP contribution < -0.4 is 5.32 Å². The normalized spacial score (nSPS) is 17.9. The molecule has 0 spiro atoms. The molecule has 1 aromatic rings. The van der Waals surface area contributed by atoms with Gasteiger partial charge in [-0.3, -0.25) is 20.0 Å². The third-order valence-electron chi connectivity index (χ3n) is 5.74. The van der Waals surface area contributed by atoms with Gasteiger partial charge >= 0.3 is 0 Å². The highest BCUT2D eigenvalue weighted by molar-refractivity contribution is 7.88. The van der Waals surface area contributed by atoms with Crippen LogP contribution in [0.5, 0.6) is 0 Å². The van der Waals surface area contributed by atoms with Gasteiger partial charge in [0.25, 0.3) is 0 Å². The number of aromatic nitrogens is 1. The second kappa shape index (κ2) is 8.53. The van der Waals surface area contributed by atoms with Crippen molar-refractivity contribution in [3.8, 4) is 0 Å². The Morgan fingerprint density at radius 3 is 2.45 bits per heavy atom. The molecule has 1 amide bonds. The molecule has 0 aromatic carbocycles.